The van der Waals surface area contributed by atoms with Crippen LogP contribution >= 0.6 is 0 Å². The highest BCUT2D eigenvalue weighted by molar-refractivity contribution is 7.89. The van der Waals surface area contributed by atoms with Gasteiger partial charge in [0.1, 0.15) is 5.75 Å². The van der Waals surface area contributed by atoms with Crippen LogP contribution < -0.4 is 5.73 Å². The second kappa shape index (κ2) is 5.23. The van der Waals surface area contributed by atoms with Gasteiger partial charge >= 0.3 is 0 Å². The van der Waals surface area contributed by atoms with Crippen LogP contribution in [0.3, 0.4) is 0 Å². The molecule has 0 fully saturated rings. The summed E-state index contributed by atoms with van der Waals surface area (Å²) in [5, 5.41) is 3.59. The normalized spacial score (nSPS) is 12.1. The van der Waals surface area contributed by atoms with Crippen LogP contribution in [0, 0.1) is 0 Å². The maximum atomic E-state index is 11.1. The van der Waals surface area contributed by atoms with Gasteiger partial charge in [-0.3, -0.25) is 0 Å². The third kappa shape index (κ3) is 4.22. The minimum atomic E-state index is -3.16. The van der Waals surface area contributed by atoms with Crippen molar-refractivity contribution in [1.29, 1.82) is 0 Å². The van der Waals surface area contributed by atoms with Gasteiger partial charge in [-0.15, -0.1) is 0 Å². The maximum absolute atomic E-state index is 11.1. The van der Waals surface area contributed by atoms with Gasteiger partial charge < -0.3 is 10.3 Å². The van der Waals surface area contributed by atoms with Crippen molar-refractivity contribution >= 4 is 27.7 Å². The molecule has 2 rings (SSSR count). The third-order valence-corrected chi connectivity index (χ3v) is 2.99. The highest BCUT2D eigenvalue weighted by Crippen LogP contribution is 2.11. The summed E-state index contributed by atoms with van der Waals surface area (Å²) in [5.74, 6) is 0.165. The van der Waals surface area contributed by atoms with Gasteiger partial charge in [-0.25, -0.2) is 8.42 Å². The van der Waals surface area contributed by atoms with Crippen LogP contribution in [0.5, 0.6) is 0 Å². The van der Waals surface area contributed by atoms with Gasteiger partial charge in [0, 0.05) is 18.0 Å². The summed E-state index contributed by atoms with van der Waals surface area (Å²) >= 11 is 0. The molecular formula is C12H13N3O3S. The molecule has 2 N–H and O–H groups in total. The molecule has 2 aromatic rings. The van der Waals surface area contributed by atoms with E-state index >= 15 is 0 Å². The lowest BCUT2D eigenvalue weighted by Crippen LogP contribution is -2.02. The van der Waals surface area contributed by atoms with Crippen LogP contribution in [0.1, 0.15) is 17.3 Å². The van der Waals surface area contributed by atoms with Gasteiger partial charge in [0.2, 0.25) is 0 Å². The Morgan fingerprint density at radius 3 is 2.84 bits per heavy atom. The Morgan fingerprint density at radius 1 is 1.37 bits per heavy atom. The second-order valence-electron chi connectivity index (χ2n) is 4.12. The molecule has 19 heavy (non-hydrogen) atoms. The molecule has 0 radical (unpaired) electrons. The number of nitrogen functional groups attached to an aromatic ring is 1. The van der Waals surface area contributed by atoms with Gasteiger partial charge in [-0.2, -0.15) is 4.98 Å². The molecule has 0 saturated carbocycles. The average molecular weight is 279 g/mol. The van der Waals surface area contributed by atoms with E-state index in [2.05, 4.69) is 10.1 Å². The Bertz CT molecular complexity index is 705. The molecule has 0 saturated heterocycles. The number of sulfone groups is 1. The first-order valence-electron chi connectivity index (χ1n) is 5.46. The van der Waals surface area contributed by atoms with E-state index in [1.165, 1.54) is 0 Å². The predicted octanol–water partition coefficient (Wildman–Crippen LogP) is 1.37. The Hall–Kier alpha value is -2.15. The minimum absolute atomic E-state index is 0.148. The molecule has 0 unspecified atom stereocenters. The predicted molar refractivity (Wildman–Crippen MR) is 72.6 cm³/mol. The molecule has 100 valence electrons. The van der Waals surface area contributed by atoms with Gasteiger partial charge in [0.25, 0.3) is 5.89 Å². The summed E-state index contributed by atoms with van der Waals surface area (Å²) in [6.07, 6.45) is 4.48. The summed E-state index contributed by atoms with van der Waals surface area (Å²) in [7, 11) is -3.16. The zero-order valence-corrected chi connectivity index (χ0v) is 11.1. The smallest absolute Gasteiger partial charge is 0.250 e. The lowest BCUT2D eigenvalue weighted by Gasteiger charge is -1.94. The van der Waals surface area contributed by atoms with Crippen molar-refractivity contribution in [3.63, 3.8) is 0 Å². The lowest BCUT2D eigenvalue weighted by molar-refractivity contribution is 0.405. The Morgan fingerprint density at radius 2 is 2.16 bits per heavy atom. The van der Waals surface area contributed by atoms with Gasteiger partial charge in [-0.05, 0) is 23.8 Å². The van der Waals surface area contributed by atoms with Crippen LogP contribution in [-0.2, 0) is 15.6 Å². The number of hydrogen-bond donors (Lipinski definition) is 1. The van der Waals surface area contributed by atoms with Crippen molar-refractivity contribution in [3.8, 4) is 0 Å². The number of benzene rings is 1. The second-order valence-corrected chi connectivity index (χ2v) is 6.26. The summed E-state index contributed by atoms with van der Waals surface area (Å²) in [6, 6.07) is 7.29. The lowest BCUT2D eigenvalue weighted by atomic mass is 10.2. The van der Waals surface area contributed by atoms with Crippen molar-refractivity contribution in [2.45, 2.75) is 5.75 Å². The van der Waals surface area contributed by atoms with Crippen LogP contribution in [0.25, 0.3) is 12.2 Å². The van der Waals surface area contributed by atoms with Crippen LogP contribution in [-0.4, -0.2) is 24.8 Å². The first-order chi connectivity index (χ1) is 8.92. The molecule has 0 atom stereocenters. The van der Waals surface area contributed by atoms with E-state index in [1.807, 2.05) is 12.1 Å². The fraction of sp³-hybridized carbons (Fsp3) is 0.167. The van der Waals surface area contributed by atoms with E-state index in [4.69, 9.17) is 10.3 Å². The summed E-state index contributed by atoms with van der Waals surface area (Å²) in [6.45, 7) is 0. The zero-order valence-electron chi connectivity index (χ0n) is 10.3. The minimum Gasteiger partial charge on any atom is -0.399 e. The Labute approximate surface area is 110 Å². The zero-order chi connectivity index (χ0) is 13.9. The molecule has 0 aliphatic heterocycles. The summed E-state index contributed by atoms with van der Waals surface area (Å²) in [5.41, 5.74) is 7.20. The fourth-order valence-electron chi connectivity index (χ4n) is 1.46. The van der Waals surface area contributed by atoms with E-state index in [1.54, 1.807) is 24.3 Å². The van der Waals surface area contributed by atoms with E-state index in [0.29, 0.717) is 5.69 Å². The number of nitrogens with zero attached hydrogens (tertiary/aromatic N) is 2. The van der Waals surface area contributed by atoms with Crippen molar-refractivity contribution in [2.24, 2.45) is 0 Å². The quantitative estimate of drug-likeness (QED) is 0.848. The van der Waals surface area contributed by atoms with E-state index in [-0.39, 0.29) is 17.5 Å². The molecule has 1 aromatic heterocycles. The molecule has 1 aromatic carbocycles. The van der Waals surface area contributed by atoms with Crippen molar-refractivity contribution in [1.82, 2.24) is 10.1 Å². The Balaban J connectivity index is 2.12. The Kier molecular flexibility index (Phi) is 3.66. The first-order valence-corrected chi connectivity index (χ1v) is 7.52. The maximum Gasteiger partial charge on any atom is 0.250 e. The van der Waals surface area contributed by atoms with Crippen LogP contribution in [0.2, 0.25) is 0 Å². The molecule has 7 heteroatoms. The number of anilines is 1. The fourth-order valence-corrected chi connectivity index (χ4v) is 2.04. The number of nitrogens with two attached hydrogens (primary N) is 1. The molecule has 0 aliphatic carbocycles. The first kappa shape index (κ1) is 13.3. The van der Waals surface area contributed by atoms with Crippen molar-refractivity contribution in [3.05, 3.63) is 41.5 Å². The van der Waals surface area contributed by atoms with Gasteiger partial charge in [0.05, 0.1) is 0 Å². The summed E-state index contributed by atoms with van der Waals surface area (Å²) in [4.78, 5) is 3.96. The molecule has 0 aliphatic rings. The highest BCUT2D eigenvalue weighted by Gasteiger charge is 2.10. The SMILES string of the molecule is CS(=O)(=O)Cc1noc(/C=C/c2cccc(N)c2)n1. The van der Waals surface area contributed by atoms with Crippen molar-refractivity contribution in [2.75, 3.05) is 12.0 Å². The topological polar surface area (TPSA) is 99.1 Å². The number of hydrogen-bond acceptors (Lipinski definition) is 6. The molecule has 0 spiro atoms. The monoisotopic (exact) mass is 279 g/mol. The standard InChI is InChI=1S/C12H13N3O3S/c1-19(16,17)8-11-14-12(18-15-11)6-5-9-3-2-4-10(13)7-9/h2-7H,8,13H2,1H3/b6-5+. The van der Waals surface area contributed by atoms with Crippen LogP contribution in [0.4, 0.5) is 5.69 Å². The van der Waals surface area contributed by atoms with E-state index in [0.717, 1.165) is 11.8 Å². The number of aromatic nitrogens is 2. The third-order valence-electron chi connectivity index (χ3n) is 2.20. The average Bonchev–Trinajstić information content (AvgIpc) is 2.72. The van der Waals surface area contributed by atoms with Crippen LogP contribution in [0.15, 0.2) is 28.8 Å². The number of rotatable bonds is 4. The molecule has 0 amide bonds. The van der Waals surface area contributed by atoms with E-state index < -0.39 is 9.84 Å². The molecule has 1 heterocycles. The van der Waals surface area contributed by atoms with Gasteiger partial charge in [-0.1, -0.05) is 17.3 Å². The van der Waals surface area contributed by atoms with E-state index in [9.17, 15) is 8.42 Å². The highest BCUT2D eigenvalue weighted by atomic mass is 32.2. The van der Waals surface area contributed by atoms with Crippen molar-refractivity contribution < 1.29 is 12.9 Å². The largest absolute Gasteiger partial charge is 0.399 e. The molecule has 6 nitrogen and oxygen atoms in total. The molecule has 0 bridgehead atoms. The summed E-state index contributed by atoms with van der Waals surface area (Å²) < 4.78 is 27.1. The molecular weight excluding hydrogens is 266 g/mol. The van der Waals surface area contributed by atoms with Gasteiger partial charge in [0.15, 0.2) is 15.7 Å².